The summed E-state index contributed by atoms with van der Waals surface area (Å²) in [6.45, 7) is 2.68. The van der Waals surface area contributed by atoms with E-state index in [1.165, 1.54) is 12.1 Å². The van der Waals surface area contributed by atoms with Crippen molar-refractivity contribution in [2.24, 2.45) is 0 Å². The Hall–Kier alpha value is -2.25. The fourth-order valence-corrected chi connectivity index (χ4v) is 3.29. The van der Waals surface area contributed by atoms with Crippen LogP contribution in [0.4, 0.5) is 4.39 Å². The molecule has 0 aliphatic carbocycles. The summed E-state index contributed by atoms with van der Waals surface area (Å²) < 4.78 is 25.7. The molecule has 1 amide bonds. The summed E-state index contributed by atoms with van der Waals surface area (Å²) >= 11 is 0. The normalized spacial score (nSPS) is 23.8. The van der Waals surface area contributed by atoms with Gasteiger partial charge in [-0.3, -0.25) is 4.79 Å². The molecule has 0 bridgehead atoms. The fourth-order valence-electron chi connectivity index (χ4n) is 3.29. The van der Waals surface area contributed by atoms with Gasteiger partial charge in [-0.25, -0.2) is 9.07 Å². The van der Waals surface area contributed by atoms with Crippen LogP contribution in [0.15, 0.2) is 36.5 Å². The van der Waals surface area contributed by atoms with Gasteiger partial charge in [0.05, 0.1) is 31.0 Å². The van der Waals surface area contributed by atoms with Crippen molar-refractivity contribution < 1.29 is 18.7 Å². The molecule has 2 fully saturated rings. The molecule has 7 heteroatoms. The quantitative estimate of drug-likeness (QED) is 0.839. The third-order valence-electron chi connectivity index (χ3n) is 4.63. The van der Waals surface area contributed by atoms with Crippen molar-refractivity contribution in [3.63, 3.8) is 0 Å². The molecule has 4 rings (SSSR count). The lowest BCUT2D eigenvalue weighted by molar-refractivity contribution is -0.0553. The maximum Gasteiger partial charge on any atom is 0.275 e. The second kappa shape index (κ2) is 5.99. The van der Waals surface area contributed by atoms with Gasteiger partial charge in [0.1, 0.15) is 5.82 Å². The van der Waals surface area contributed by atoms with Crippen LogP contribution in [0.2, 0.25) is 0 Å². The van der Waals surface area contributed by atoms with Crippen LogP contribution >= 0.6 is 0 Å². The molecule has 3 heterocycles. The first-order valence-corrected chi connectivity index (χ1v) is 7.97. The minimum Gasteiger partial charge on any atom is -0.379 e. The summed E-state index contributed by atoms with van der Waals surface area (Å²) in [5, 5.41) is 4.36. The highest BCUT2D eigenvalue weighted by molar-refractivity contribution is 5.93. The molecule has 0 saturated carbocycles. The SMILES string of the molecule is O=C(c1ccn(-c2ccc(F)cc2)n1)N1CCOCC12CCOC2. The third kappa shape index (κ3) is 2.59. The number of amides is 1. The first kappa shape index (κ1) is 15.3. The molecule has 2 aliphatic rings. The lowest BCUT2D eigenvalue weighted by atomic mass is 9.95. The molecule has 126 valence electrons. The smallest absolute Gasteiger partial charge is 0.275 e. The Bertz CT molecular complexity index is 738. The summed E-state index contributed by atoms with van der Waals surface area (Å²) in [5.41, 5.74) is 0.693. The molecular weight excluding hydrogens is 313 g/mol. The number of hydrogen-bond donors (Lipinski definition) is 0. The second-order valence-corrected chi connectivity index (χ2v) is 6.16. The molecule has 1 spiro atoms. The standard InChI is InChI=1S/C17H18FN3O3/c18-13-1-3-14(4-2-13)21-7-5-15(19-21)16(22)20-8-10-24-12-17(20)6-9-23-11-17/h1-5,7H,6,8-12H2. The van der Waals surface area contributed by atoms with E-state index in [-0.39, 0.29) is 17.3 Å². The molecule has 2 aromatic rings. The number of nitrogens with zero attached hydrogens (tertiary/aromatic N) is 3. The van der Waals surface area contributed by atoms with Gasteiger partial charge in [-0.15, -0.1) is 0 Å². The van der Waals surface area contributed by atoms with E-state index < -0.39 is 0 Å². The van der Waals surface area contributed by atoms with E-state index in [4.69, 9.17) is 9.47 Å². The minimum absolute atomic E-state index is 0.121. The van der Waals surface area contributed by atoms with Crippen LogP contribution in [0.3, 0.4) is 0 Å². The Kier molecular flexibility index (Phi) is 3.82. The number of hydrogen-bond acceptors (Lipinski definition) is 4. The number of morpholine rings is 1. The number of carbonyl (C=O) groups is 1. The number of aromatic nitrogens is 2. The van der Waals surface area contributed by atoms with Gasteiger partial charge in [0.2, 0.25) is 0 Å². The molecule has 0 radical (unpaired) electrons. The Morgan fingerprint density at radius 2 is 1.88 bits per heavy atom. The van der Waals surface area contributed by atoms with E-state index >= 15 is 0 Å². The highest BCUT2D eigenvalue weighted by Crippen LogP contribution is 2.30. The summed E-state index contributed by atoms with van der Waals surface area (Å²) in [6, 6.07) is 7.66. The second-order valence-electron chi connectivity index (χ2n) is 6.16. The Morgan fingerprint density at radius 3 is 2.62 bits per heavy atom. The summed E-state index contributed by atoms with van der Waals surface area (Å²) in [7, 11) is 0. The molecule has 2 saturated heterocycles. The Labute approximate surface area is 138 Å². The summed E-state index contributed by atoms with van der Waals surface area (Å²) in [4.78, 5) is 14.8. The molecule has 6 nitrogen and oxygen atoms in total. The molecule has 24 heavy (non-hydrogen) atoms. The van der Waals surface area contributed by atoms with Crippen LogP contribution < -0.4 is 0 Å². The van der Waals surface area contributed by atoms with Gasteiger partial charge in [-0.2, -0.15) is 5.10 Å². The molecule has 1 aromatic heterocycles. The van der Waals surface area contributed by atoms with Crippen LogP contribution in [0.1, 0.15) is 16.9 Å². The average molecular weight is 331 g/mol. The zero-order chi connectivity index (χ0) is 16.6. The first-order valence-electron chi connectivity index (χ1n) is 7.97. The van der Waals surface area contributed by atoms with Crippen LogP contribution in [0, 0.1) is 5.82 Å². The molecule has 1 unspecified atom stereocenters. The van der Waals surface area contributed by atoms with Crippen molar-refractivity contribution in [2.45, 2.75) is 12.0 Å². The molecule has 0 N–H and O–H groups in total. The van der Waals surface area contributed by atoms with Crippen LogP contribution in [0.25, 0.3) is 5.69 Å². The largest absolute Gasteiger partial charge is 0.379 e. The highest BCUT2D eigenvalue weighted by atomic mass is 19.1. The fraction of sp³-hybridized carbons (Fsp3) is 0.412. The van der Waals surface area contributed by atoms with Gasteiger partial charge < -0.3 is 14.4 Å². The molecule has 1 atom stereocenters. The van der Waals surface area contributed by atoms with Crippen LogP contribution in [-0.4, -0.2) is 59.1 Å². The Morgan fingerprint density at radius 1 is 1.12 bits per heavy atom. The monoisotopic (exact) mass is 331 g/mol. The van der Waals surface area contributed by atoms with Gasteiger partial charge in [0, 0.05) is 19.3 Å². The number of halogens is 1. The van der Waals surface area contributed by atoms with Gasteiger partial charge in [-0.1, -0.05) is 0 Å². The topological polar surface area (TPSA) is 56.6 Å². The maximum absolute atomic E-state index is 13.0. The predicted molar refractivity (Wildman–Crippen MR) is 83.5 cm³/mol. The van der Waals surface area contributed by atoms with Crippen molar-refractivity contribution >= 4 is 5.91 Å². The minimum atomic E-state index is -0.380. The lowest BCUT2D eigenvalue weighted by Gasteiger charge is -2.43. The zero-order valence-electron chi connectivity index (χ0n) is 13.2. The van der Waals surface area contributed by atoms with E-state index in [9.17, 15) is 9.18 Å². The molecular formula is C17H18FN3O3. The highest BCUT2D eigenvalue weighted by Gasteiger charge is 2.46. The maximum atomic E-state index is 13.0. The van der Waals surface area contributed by atoms with E-state index in [2.05, 4.69) is 5.10 Å². The van der Waals surface area contributed by atoms with Crippen molar-refractivity contribution in [1.29, 1.82) is 0 Å². The molecule has 1 aromatic carbocycles. The van der Waals surface area contributed by atoms with E-state index in [0.29, 0.717) is 44.4 Å². The molecule has 2 aliphatic heterocycles. The van der Waals surface area contributed by atoms with Crippen LogP contribution in [-0.2, 0) is 9.47 Å². The predicted octanol–water partition coefficient (Wildman–Crippen LogP) is 1.64. The first-order chi connectivity index (χ1) is 11.7. The number of ether oxygens (including phenoxy) is 2. The summed E-state index contributed by atoms with van der Waals surface area (Å²) in [6.07, 6.45) is 2.48. The van der Waals surface area contributed by atoms with E-state index in [1.807, 2.05) is 4.90 Å². The third-order valence-corrected chi connectivity index (χ3v) is 4.63. The van der Waals surface area contributed by atoms with Crippen molar-refractivity contribution in [3.05, 3.63) is 48.0 Å². The van der Waals surface area contributed by atoms with Crippen molar-refractivity contribution in [1.82, 2.24) is 14.7 Å². The Balaban J connectivity index is 1.59. The van der Waals surface area contributed by atoms with Gasteiger partial charge in [-0.05, 0) is 36.8 Å². The van der Waals surface area contributed by atoms with Gasteiger partial charge in [0.15, 0.2) is 5.69 Å². The zero-order valence-corrected chi connectivity index (χ0v) is 13.2. The average Bonchev–Trinajstić information content (AvgIpc) is 3.26. The van der Waals surface area contributed by atoms with E-state index in [0.717, 1.165) is 6.42 Å². The van der Waals surface area contributed by atoms with E-state index in [1.54, 1.807) is 29.1 Å². The number of benzene rings is 1. The van der Waals surface area contributed by atoms with Crippen molar-refractivity contribution in [3.8, 4) is 5.69 Å². The van der Waals surface area contributed by atoms with Gasteiger partial charge in [0.25, 0.3) is 5.91 Å². The lowest BCUT2D eigenvalue weighted by Crippen LogP contribution is -2.59. The van der Waals surface area contributed by atoms with Crippen molar-refractivity contribution in [2.75, 3.05) is 33.0 Å². The summed E-state index contributed by atoms with van der Waals surface area (Å²) in [5.74, 6) is -0.427. The number of rotatable bonds is 2. The number of carbonyl (C=O) groups excluding carboxylic acids is 1. The van der Waals surface area contributed by atoms with Crippen LogP contribution in [0.5, 0.6) is 0 Å². The van der Waals surface area contributed by atoms with Gasteiger partial charge >= 0.3 is 0 Å².